The zero-order valence-corrected chi connectivity index (χ0v) is 10.3. The predicted molar refractivity (Wildman–Crippen MR) is 65.1 cm³/mol. The fraction of sp³-hybridized carbons (Fsp3) is 1.00. The van der Waals surface area contributed by atoms with Crippen LogP contribution in [0.2, 0.25) is 0 Å². The lowest BCUT2D eigenvalue weighted by Gasteiger charge is -2.26. The monoisotopic (exact) mass is 216 g/mol. The molecule has 0 aromatic carbocycles. The zero-order valence-electron chi connectivity index (χ0n) is 9.37. The third kappa shape index (κ3) is 5.26. The van der Waals surface area contributed by atoms with Crippen molar-refractivity contribution < 1.29 is 4.74 Å². The molecule has 0 bridgehead atoms. The summed E-state index contributed by atoms with van der Waals surface area (Å²) in [6.07, 6.45) is 9.58. The van der Waals surface area contributed by atoms with Crippen LogP contribution < -0.4 is 0 Å². The summed E-state index contributed by atoms with van der Waals surface area (Å²) in [5.74, 6) is 1.94. The van der Waals surface area contributed by atoms with Gasteiger partial charge in [-0.1, -0.05) is 13.3 Å². The molecule has 0 aromatic heterocycles. The first-order valence-electron chi connectivity index (χ1n) is 6.05. The van der Waals surface area contributed by atoms with Crippen LogP contribution >= 0.6 is 12.6 Å². The first-order chi connectivity index (χ1) is 6.83. The van der Waals surface area contributed by atoms with E-state index < -0.39 is 0 Å². The molecule has 2 heteroatoms. The highest BCUT2D eigenvalue weighted by atomic mass is 32.1. The Bertz CT molecular complexity index is 130. The van der Waals surface area contributed by atoms with Gasteiger partial charge in [0.1, 0.15) is 0 Å². The molecule has 1 rings (SSSR count). The van der Waals surface area contributed by atoms with Crippen LogP contribution in [0.4, 0.5) is 0 Å². The van der Waals surface area contributed by atoms with Gasteiger partial charge in [-0.15, -0.1) is 0 Å². The number of thiol groups is 1. The van der Waals surface area contributed by atoms with E-state index in [-0.39, 0.29) is 0 Å². The fourth-order valence-electron chi connectivity index (χ4n) is 2.04. The Kier molecular flexibility index (Phi) is 6.70. The van der Waals surface area contributed by atoms with E-state index in [4.69, 9.17) is 4.74 Å². The maximum atomic E-state index is 5.85. The summed E-state index contributed by atoms with van der Waals surface area (Å²) in [5.41, 5.74) is 0. The Balaban J connectivity index is 1.91. The maximum Gasteiger partial charge on any atom is 0.0575 e. The van der Waals surface area contributed by atoms with Crippen LogP contribution in [0.25, 0.3) is 0 Å². The van der Waals surface area contributed by atoms with Crippen molar-refractivity contribution in [3.8, 4) is 0 Å². The van der Waals surface area contributed by atoms with E-state index in [0.717, 1.165) is 18.3 Å². The van der Waals surface area contributed by atoms with E-state index in [1.807, 2.05) is 0 Å². The van der Waals surface area contributed by atoms with Crippen LogP contribution in [0.15, 0.2) is 0 Å². The van der Waals surface area contributed by atoms with Gasteiger partial charge in [0.25, 0.3) is 0 Å². The number of rotatable bonds is 6. The summed E-state index contributed by atoms with van der Waals surface area (Å²) in [6.45, 7) is 3.32. The Morgan fingerprint density at radius 1 is 1.07 bits per heavy atom. The topological polar surface area (TPSA) is 9.23 Å². The maximum absolute atomic E-state index is 5.85. The molecule has 1 saturated carbocycles. The molecule has 1 nitrogen and oxygen atoms in total. The van der Waals surface area contributed by atoms with Gasteiger partial charge in [0, 0.05) is 6.61 Å². The Hall–Kier alpha value is 0.310. The molecule has 1 aliphatic carbocycles. The molecule has 1 aliphatic rings. The molecule has 0 spiro atoms. The smallest absolute Gasteiger partial charge is 0.0575 e. The fourth-order valence-corrected chi connectivity index (χ4v) is 2.26. The highest BCUT2D eigenvalue weighted by Gasteiger charge is 2.17. The van der Waals surface area contributed by atoms with Crippen LogP contribution in [0.5, 0.6) is 0 Å². The van der Waals surface area contributed by atoms with Crippen LogP contribution in [0.3, 0.4) is 0 Å². The summed E-state index contributed by atoms with van der Waals surface area (Å²) in [7, 11) is 0. The molecule has 0 radical (unpaired) electrons. The Labute approximate surface area is 94.0 Å². The minimum atomic E-state index is 0.571. The molecule has 84 valence electrons. The van der Waals surface area contributed by atoms with Crippen LogP contribution in [-0.2, 0) is 4.74 Å². The van der Waals surface area contributed by atoms with Crippen molar-refractivity contribution in [3.05, 3.63) is 0 Å². The van der Waals surface area contributed by atoms with Gasteiger partial charge in [-0.3, -0.25) is 0 Å². The minimum absolute atomic E-state index is 0.571. The molecule has 0 atom stereocenters. The molecule has 0 amide bonds. The molecule has 0 aliphatic heterocycles. The number of hydrogen-bond donors (Lipinski definition) is 1. The second-order valence-electron chi connectivity index (χ2n) is 4.54. The minimum Gasteiger partial charge on any atom is -0.378 e. The van der Waals surface area contributed by atoms with E-state index in [9.17, 15) is 0 Å². The molecule has 14 heavy (non-hydrogen) atoms. The van der Waals surface area contributed by atoms with Crippen molar-refractivity contribution in [2.75, 3.05) is 12.4 Å². The average molecular weight is 216 g/mol. The zero-order chi connectivity index (χ0) is 10.2. The van der Waals surface area contributed by atoms with E-state index in [2.05, 4.69) is 19.6 Å². The molecule has 0 saturated heterocycles. The second kappa shape index (κ2) is 7.58. The summed E-state index contributed by atoms with van der Waals surface area (Å²) in [5, 5.41) is 0. The molecular formula is C12H24OS. The second-order valence-corrected chi connectivity index (χ2v) is 4.98. The summed E-state index contributed by atoms with van der Waals surface area (Å²) in [4.78, 5) is 0. The third-order valence-electron chi connectivity index (χ3n) is 3.12. The predicted octanol–water partition coefficient (Wildman–Crippen LogP) is 3.68. The number of hydrogen-bond acceptors (Lipinski definition) is 2. The van der Waals surface area contributed by atoms with Gasteiger partial charge in [-0.05, 0) is 50.2 Å². The Morgan fingerprint density at radius 2 is 1.79 bits per heavy atom. The standard InChI is InChI=1S/C12H24OS/c1-11-5-7-12(8-6-11)13-9-3-2-4-10-14/h11-12,14H,2-10H2,1H3. The van der Waals surface area contributed by atoms with Gasteiger partial charge in [0.2, 0.25) is 0 Å². The summed E-state index contributed by atoms with van der Waals surface area (Å²) >= 11 is 4.19. The third-order valence-corrected chi connectivity index (χ3v) is 3.44. The highest BCUT2D eigenvalue weighted by Crippen LogP contribution is 2.25. The van der Waals surface area contributed by atoms with Crippen molar-refractivity contribution in [3.63, 3.8) is 0 Å². The lowest BCUT2D eigenvalue weighted by atomic mass is 9.89. The molecule has 0 N–H and O–H groups in total. The highest BCUT2D eigenvalue weighted by molar-refractivity contribution is 7.80. The first kappa shape index (κ1) is 12.4. The SMILES string of the molecule is CC1CCC(OCCCCCS)CC1. The van der Waals surface area contributed by atoms with E-state index in [0.29, 0.717) is 6.10 Å². The van der Waals surface area contributed by atoms with E-state index in [1.54, 1.807) is 0 Å². The van der Waals surface area contributed by atoms with Crippen molar-refractivity contribution in [1.82, 2.24) is 0 Å². The normalized spacial score (nSPS) is 27.9. The quantitative estimate of drug-likeness (QED) is 0.526. The van der Waals surface area contributed by atoms with Crippen molar-refractivity contribution in [2.45, 2.75) is 58.0 Å². The van der Waals surface area contributed by atoms with Gasteiger partial charge < -0.3 is 4.74 Å². The van der Waals surface area contributed by atoms with E-state index in [1.165, 1.54) is 44.9 Å². The molecule has 0 aromatic rings. The molecule has 0 unspecified atom stereocenters. The van der Waals surface area contributed by atoms with Crippen molar-refractivity contribution in [2.24, 2.45) is 5.92 Å². The van der Waals surface area contributed by atoms with Gasteiger partial charge >= 0.3 is 0 Å². The van der Waals surface area contributed by atoms with Crippen molar-refractivity contribution >= 4 is 12.6 Å². The van der Waals surface area contributed by atoms with Crippen LogP contribution in [0, 0.1) is 5.92 Å². The van der Waals surface area contributed by atoms with Crippen LogP contribution in [-0.4, -0.2) is 18.5 Å². The van der Waals surface area contributed by atoms with Crippen LogP contribution in [0.1, 0.15) is 51.9 Å². The summed E-state index contributed by atoms with van der Waals surface area (Å²) in [6, 6.07) is 0. The van der Waals surface area contributed by atoms with Gasteiger partial charge in [0.05, 0.1) is 6.10 Å². The molecule has 0 heterocycles. The number of unbranched alkanes of at least 4 members (excludes halogenated alkanes) is 2. The average Bonchev–Trinajstić information content (AvgIpc) is 2.21. The van der Waals surface area contributed by atoms with Crippen molar-refractivity contribution in [1.29, 1.82) is 0 Å². The number of ether oxygens (including phenoxy) is 1. The largest absolute Gasteiger partial charge is 0.378 e. The summed E-state index contributed by atoms with van der Waals surface area (Å²) < 4.78 is 5.85. The lowest BCUT2D eigenvalue weighted by molar-refractivity contribution is 0.0180. The Morgan fingerprint density at radius 3 is 2.43 bits per heavy atom. The van der Waals surface area contributed by atoms with E-state index >= 15 is 0 Å². The molecule has 1 fully saturated rings. The van der Waals surface area contributed by atoms with Gasteiger partial charge in [-0.2, -0.15) is 12.6 Å². The van der Waals surface area contributed by atoms with Gasteiger partial charge in [0.15, 0.2) is 0 Å². The first-order valence-corrected chi connectivity index (χ1v) is 6.68. The molecular weight excluding hydrogens is 192 g/mol. The lowest BCUT2D eigenvalue weighted by Crippen LogP contribution is -2.20. The van der Waals surface area contributed by atoms with Gasteiger partial charge in [-0.25, -0.2) is 0 Å².